The Morgan fingerprint density at radius 1 is 1.15 bits per heavy atom. The van der Waals surface area contributed by atoms with Gasteiger partial charge in [0.05, 0.1) is 6.61 Å². The molecule has 0 atom stereocenters. The molecule has 144 valence electrons. The average molecular weight is 379 g/mol. The van der Waals surface area contributed by atoms with Gasteiger partial charge in [-0.25, -0.2) is 0 Å². The molecule has 0 unspecified atom stereocenters. The monoisotopic (exact) mass is 378 g/mol. The Balaban J connectivity index is 1.75. The first-order valence-electron chi connectivity index (χ1n) is 9.58. The van der Waals surface area contributed by atoms with Gasteiger partial charge in [0.2, 0.25) is 5.95 Å². The molecule has 8 heteroatoms. The van der Waals surface area contributed by atoms with Crippen molar-refractivity contribution in [1.82, 2.24) is 15.3 Å². The van der Waals surface area contributed by atoms with Crippen molar-refractivity contribution in [2.24, 2.45) is 5.92 Å². The molecular weight excluding hydrogens is 348 g/mol. The van der Waals surface area contributed by atoms with Crippen LogP contribution in [0.25, 0.3) is 0 Å². The summed E-state index contributed by atoms with van der Waals surface area (Å²) in [6.07, 6.45) is 4.87. The first-order chi connectivity index (χ1) is 12.7. The van der Waals surface area contributed by atoms with Gasteiger partial charge in [-0.3, -0.25) is 0 Å². The molecule has 0 amide bonds. The van der Waals surface area contributed by atoms with Crippen molar-refractivity contribution in [2.75, 3.05) is 61.6 Å². The zero-order valence-electron chi connectivity index (χ0n) is 15.8. The lowest BCUT2D eigenvalue weighted by Crippen LogP contribution is -2.35. The van der Waals surface area contributed by atoms with E-state index < -0.39 is 0 Å². The molecule has 2 aliphatic rings. The molecule has 26 heavy (non-hydrogen) atoms. The van der Waals surface area contributed by atoms with Crippen LogP contribution >= 0.6 is 12.2 Å². The second kappa shape index (κ2) is 9.32. The molecule has 0 saturated carbocycles. The normalized spacial score (nSPS) is 18.2. The Morgan fingerprint density at radius 3 is 2.38 bits per heavy atom. The molecule has 3 heterocycles. The molecule has 0 bridgehead atoms. The number of anilines is 3. The topological polar surface area (TPSA) is 65.6 Å². The summed E-state index contributed by atoms with van der Waals surface area (Å²) in [5, 5.41) is 6.78. The van der Waals surface area contributed by atoms with Gasteiger partial charge in [0.15, 0.2) is 5.11 Å². The summed E-state index contributed by atoms with van der Waals surface area (Å²) in [4.78, 5) is 14.2. The van der Waals surface area contributed by atoms with Gasteiger partial charge in [0, 0.05) is 45.9 Å². The van der Waals surface area contributed by atoms with E-state index in [1.54, 1.807) is 7.11 Å². The summed E-state index contributed by atoms with van der Waals surface area (Å²) in [6.45, 7) is 7.80. The van der Waals surface area contributed by atoms with Crippen LogP contribution in [-0.4, -0.2) is 61.5 Å². The standard InChI is InChI=1S/C18H30N6OS/c1-14-5-10-24(11-6-14)16-13-15(23-8-3-4-9-23)20-17(21-16)22-18(26)19-7-12-25-2/h13-14H,3-12H2,1-2H3,(H2,19,20,21,22,26). The zero-order chi connectivity index (χ0) is 18.4. The van der Waals surface area contributed by atoms with E-state index in [1.165, 1.54) is 25.7 Å². The number of rotatable bonds is 6. The second-order valence-electron chi connectivity index (χ2n) is 7.15. The van der Waals surface area contributed by atoms with Crippen LogP contribution in [-0.2, 0) is 4.74 Å². The number of nitrogens with zero attached hydrogens (tertiary/aromatic N) is 4. The molecule has 3 rings (SSSR count). The third kappa shape index (κ3) is 5.17. The maximum absolute atomic E-state index is 5.36. The van der Waals surface area contributed by atoms with Gasteiger partial charge in [0.25, 0.3) is 0 Å². The Bertz CT molecular complexity index is 599. The fourth-order valence-electron chi connectivity index (χ4n) is 3.40. The second-order valence-corrected chi connectivity index (χ2v) is 7.55. The van der Waals surface area contributed by atoms with Crippen molar-refractivity contribution >= 4 is 34.9 Å². The zero-order valence-corrected chi connectivity index (χ0v) is 16.6. The lowest BCUT2D eigenvalue weighted by atomic mass is 9.99. The summed E-state index contributed by atoms with van der Waals surface area (Å²) in [6, 6.07) is 2.13. The number of piperidine rings is 1. The van der Waals surface area contributed by atoms with Gasteiger partial charge in [-0.05, 0) is 43.8 Å². The molecule has 0 aromatic carbocycles. The number of ether oxygens (including phenoxy) is 1. The van der Waals surface area contributed by atoms with Crippen molar-refractivity contribution in [1.29, 1.82) is 0 Å². The van der Waals surface area contributed by atoms with Gasteiger partial charge in [-0.2, -0.15) is 9.97 Å². The van der Waals surface area contributed by atoms with Crippen molar-refractivity contribution in [3.63, 3.8) is 0 Å². The predicted molar refractivity (Wildman–Crippen MR) is 110 cm³/mol. The largest absolute Gasteiger partial charge is 0.383 e. The van der Waals surface area contributed by atoms with Crippen LogP contribution in [0.15, 0.2) is 6.07 Å². The summed E-state index contributed by atoms with van der Waals surface area (Å²) in [5.74, 6) is 3.35. The van der Waals surface area contributed by atoms with Gasteiger partial charge in [-0.1, -0.05) is 6.92 Å². The lowest BCUT2D eigenvalue weighted by molar-refractivity contribution is 0.204. The minimum absolute atomic E-state index is 0.527. The summed E-state index contributed by atoms with van der Waals surface area (Å²) in [7, 11) is 1.67. The molecule has 0 spiro atoms. The minimum Gasteiger partial charge on any atom is -0.383 e. The quantitative estimate of drug-likeness (QED) is 0.577. The number of thiocarbonyl (C=S) groups is 1. The number of nitrogens with one attached hydrogen (secondary N) is 2. The molecule has 1 aromatic heterocycles. The number of methoxy groups -OCH3 is 1. The SMILES string of the molecule is COCCNC(=S)Nc1nc(N2CCCC2)cc(N2CCC(C)CC2)n1. The predicted octanol–water partition coefficient (Wildman–Crippen LogP) is 2.25. The van der Waals surface area contributed by atoms with E-state index in [1.807, 2.05) is 0 Å². The van der Waals surface area contributed by atoms with E-state index in [9.17, 15) is 0 Å². The van der Waals surface area contributed by atoms with E-state index in [-0.39, 0.29) is 0 Å². The number of aromatic nitrogens is 2. The third-order valence-electron chi connectivity index (χ3n) is 5.05. The number of hydrogen-bond donors (Lipinski definition) is 2. The molecule has 7 nitrogen and oxygen atoms in total. The molecule has 2 fully saturated rings. The highest BCUT2D eigenvalue weighted by atomic mass is 32.1. The maximum atomic E-state index is 5.36. The van der Waals surface area contributed by atoms with E-state index in [2.05, 4.69) is 33.4 Å². The van der Waals surface area contributed by atoms with Crippen molar-refractivity contribution in [3.05, 3.63) is 6.07 Å². The summed E-state index contributed by atoms with van der Waals surface area (Å²) >= 11 is 5.36. The van der Waals surface area contributed by atoms with Gasteiger partial charge >= 0.3 is 0 Å². The highest BCUT2D eigenvalue weighted by molar-refractivity contribution is 7.80. The lowest BCUT2D eigenvalue weighted by Gasteiger charge is -2.32. The van der Waals surface area contributed by atoms with Crippen molar-refractivity contribution in [3.8, 4) is 0 Å². The highest BCUT2D eigenvalue weighted by Gasteiger charge is 2.21. The Kier molecular flexibility index (Phi) is 6.85. The molecule has 2 saturated heterocycles. The van der Waals surface area contributed by atoms with Gasteiger partial charge in [0.1, 0.15) is 11.6 Å². The fourth-order valence-corrected chi connectivity index (χ4v) is 3.59. The van der Waals surface area contributed by atoms with Crippen LogP contribution in [0.5, 0.6) is 0 Å². The maximum Gasteiger partial charge on any atom is 0.232 e. The van der Waals surface area contributed by atoms with E-state index in [4.69, 9.17) is 26.9 Å². The van der Waals surface area contributed by atoms with Crippen LogP contribution in [0, 0.1) is 5.92 Å². The first-order valence-corrected chi connectivity index (χ1v) is 9.99. The average Bonchev–Trinajstić information content (AvgIpc) is 3.17. The van der Waals surface area contributed by atoms with Gasteiger partial charge < -0.3 is 25.2 Å². The molecule has 0 aliphatic carbocycles. The number of hydrogen-bond acceptors (Lipinski definition) is 6. The first kappa shape index (κ1) is 19.1. The van der Waals surface area contributed by atoms with Crippen LogP contribution in [0.4, 0.5) is 17.6 Å². The highest BCUT2D eigenvalue weighted by Crippen LogP contribution is 2.27. The Morgan fingerprint density at radius 2 is 1.77 bits per heavy atom. The minimum atomic E-state index is 0.527. The van der Waals surface area contributed by atoms with Crippen molar-refractivity contribution < 1.29 is 4.74 Å². The van der Waals surface area contributed by atoms with Crippen LogP contribution in [0.2, 0.25) is 0 Å². The molecule has 0 radical (unpaired) electrons. The van der Waals surface area contributed by atoms with Crippen LogP contribution in [0.3, 0.4) is 0 Å². The molecule has 1 aromatic rings. The van der Waals surface area contributed by atoms with Gasteiger partial charge in [-0.15, -0.1) is 0 Å². The van der Waals surface area contributed by atoms with E-state index >= 15 is 0 Å². The summed E-state index contributed by atoms with van der Waals surface area (Å²) in [5.41, 5.74) is 0. The molecular formula is C18H30N6OS. The summed E-state index contributed by atoms with van der Waals surface area (Å²) < 4.78 is 5.04. The Hall–Kier alpha value is -1.67. The third-order valence-corrected chi connectivity index (χ3v) is 5.30. The van der Waals surface area contributed by atoms with Crippen LogP contribution < -0.4 is 20.4 Å². The smallest absolute Gasteiger partial charge is 0.232 e. The van der Waals surface area contributed by atoms with E-state index in [0.29, 0.717) is 24.2 Å². The fraction of sp³-hybridized carbons (Fsp3) is 0.722. The van der Waals surface area contributed by atoms with Crippen LogP contribution in [0.1, 0.15) is 32.6 Å². The van der Waals surface area contributed by atoms with Crippen molar-refractivity contribution in [2.45, 2.75) is 32.6 Å². The molecule has 2 aliphatic heterocycles. The molecule has 2 N–H and O–H groups in total. The van der Waals surface area contributed by atoms with E-state index in [0.717, 1.165) is 43.7 Å². The Labute approximate surface area is 161 Å².